The predicted octanol–water partition coefficient (Wildman–Crippen LogP) is 5.06. The number of nitrogens with one attached hydrogen (secondary N) is 1. The van der Waals surface area contributed by atoms with Crippen LogP contribution >= 0.6 is 15.9 Å². The standard InChI is InChI=1S/C23H21BrN2O3/c24-15-7-6-8-16(13-15)25-21(27)14-29-23(28)22-17-9-2-1-3-11-19(17)26-20-12-5-4-10-18(20)22/h4-8,10,12-13H,1-3,9,11,14H2,(H,25,27). The van der Waals surface area contributed by atoms with Crippen molar-refractivity contribution in [2.24, 2.45) is 0 Å². The molecule has 1 aromatic heterocycles. The lowest BCUT2D eigenvalue weighted by atomic mass is 9.97. The van der Waals surface area contributed by atoms with Gasteiger partial charge < -0.3 is 10.1 Å². The van der Waals surface area contributed by atoms with Crippen LogP contribution in [0.5, 0.6) is 0 Å². The van der Waals surface area contributed by atoms with Gasteiger partial charge in [-0.3, -0.25) is 9.78 Å². The first-order valence-electron chi connectivity index (χ1n) is 9.75. The lowest BCUT2D eigenvalue weighted by Crippen LogP contribution is -2.22. The number of nitrogens with zero attached hydrogens (tertiary/aromatic N) is 1. The van der Waals surface area contributed by atoms with E-state index in [0.29, 0.717) is 11.3 Å². The third-order valence-electron chi connectivity index (χ3n) is 5.07. The maximum Gasteiger partial charge on any atom is 0.339 e. The largest absolute Gasteiger partial charge is 0.452 e. The molecule has 1 amide bonds. The predicted molar refractivity (Wildman–Crippen MR) is 116 cm³/mol. The van der Waals surface area contributed by atoms with Gasteiger partial charge in [-0.1, -0.05) is 46.6 Å². The molecule has 5 nitrogen and oxygen atoms in total. The number of benzene rings is 2. The number of aromatic nitrogens is 1. The van der Waals surface area contributed by atoms with E-state index >= 15 is 0 Å². The lowest BCUT2D eigenvalue weighted by Gasteiger charge is -2.15. The number of para-hydroxylation sites is 1. The average Bonchev–Trinajstić information content (AvgIpc) is 2.95. The summed E-state index contributed by atoms with van der Waals surface area (Å²) in [5, 5.41) is 3.52. The first-order chi connectivity index (χ1) is 14.1. The van der Waals surface area contributed by atoms with E-state index in [9.17, 15) is 9.59 Å². The van der Waals surface area contributed by atoms with Crippen LogP contribution in [0.25, 0.3) is 10.9 Å². The number of esters is 1. The zero-order chi connectivity index (χ0) is 20.2. The third-order valence-corrected chi connectivity index (χ3v) is 5.56. The summed E-state index contributed by atoms with van der Waals surface area (Å²) in [6.45, 7) is -0.337. The second-order valence-electron chi connectivity index (χ2n) is 7.12. The van der Waals surface area contributed by atoms with Crippen molar-refractivity contribution in [2.75, 3.05) is 11.9 Å². The van der Waals surface area contributed by atoms with Gasteiger partial charge in [0.2, 0.25) is 0 Å². The monoisotopic (exact) mass is 452 g/mol. The Balaban J connectivity index is 1.56. The molecule has 0 atom stereocenters. The van der Waals surface area contributed by atoms with Crippen LogP contribution in [0, 0.1) is 0 Å². The number of pyridine rings is 1. The molecule has 0 aliphatic heterocycles. The van der Waals surface area contributed by atoms with E-state index in [0.717, 1.165) is 58.7 Å². The van der Waals surface area contributed by atoms with E-state index in [-0.39, 0.29) is 12.5 Å². The normalized spacial score (nSPS) is 13.4. The van der Waals surface area contributed by atoms with Gasteiger partial charge >= 0.3 is 5.97 Å². The van der Waals surface area contributed by atoms with Crippen LogP contribution in [0.15, 0.2) is 53.0 Å². The van der Waals surface area contributed by atoms with E-state index in [1.807, 2.05) is 36.4 Å². The molecule has 0 spiro atoms. The minimum Gasteiger partial charge on any atom is -0.452 e. The maximum absolute atomic E-state index is 13.0. The van der Waals surface area contributed by atoms with Crippen LogP contribution in [0.1, 0.15) is 40.9 Å². The van der Waals surface area contributed by atoms with E-state index in [4.69, 9.17) is 9.72 Å². The van der Waals surface area contributed by atoms with Crippen molar-refractivity contribution >= 4 is 44.4 Å². The Labute approximate surface area is 177 Å². The van der Waals surface area contributed by atoms with Gasteiger partial charge in [0.05, 0.1) is 11.1 Å². The molecule has 3 aromatic rings. The van der Waals surface area contributed by atoms with Crippen molar-refractivity contribution in [2.45, 2.75) is 32.1 Å². The molecule has 1 aliphatic rings. The summed E-state index contributed by atoms with van der Waals surface area (Å²) in [7, 11) is 0. The van der Waals surface area contributed by atoms with Crippen LogP contribution in [-0.2, 0) is 22.4 Å². The number of anilines is 1. The quantitative estimate of drug-likeness (QED) is 0.443. The summed E-state index contributed by atoms with van der Waals surface area (Å²) in [4.78, 5) is 30.1. The fourth-order valence-corrected chi connectivity index (χ4v) is 4.15. The van der Waals surface area contributed by atoms with Gasteiger partial charge in [0.1, 0.15) is 0 Å². The second kappa shape index (κ2) is 8.74. The number of carbonyl (C=O) groups excluding carboxylic acids is 2. The number of aryl methyl sites for hydroxylation is 1. The Kier molecular flexibility index (Phi) is 5.90. The van der Waals surface area contributed by atoms with Crippen LogP contribution in [0.4, 0.5) is 5.69 Å². The van der Waals surface area contributed by atoms with Crippen molar-refractivity contribution in [1.82, 2.24) is 4.98 Å². The number of fused-ring (bicyclic) bond motifs is 2. The van der Waals surface area contributed by atoms with E-state index in [1.54, 1.807) is 12.1 Å². The smallest absolute Gasteiger partial charge is 0.339 e. The molecule has 0 fully saturated rings. The zero-order valence-electron chi connectivity index (χ0n) is 15.9. The highest BCUT2D eigenvalue weighted by atomic mass is 79.9. The first-order valence-corrected chi connectivity index (χ1v) is 10.5. The summed E-state index contributed by atoms with van der Waals surface area (Å²) in [5.74, 6) is -0.841. The molecule has 0 bridgehead atoms. The van der Waals surface area contributed by atoms with Gasteiger partial charge in [0.25, 0.3) is 5.91 Å². The van der Waals surface area contributed by atoms with Gasteiger partial charge in [0.15, 0.2) is 6.61 Å². The molecule has 29 heavy (non-hydrogen) atoms. The maximum atomic E-state index is 13.0. The van der Waals surface area contributed by atoms with Gasteiger partial charge in [-0.15, -0.1) is 0 Å². The summed E-state index contributed by atoms with van der Waals surface area (Å²) in [6, 6.07) is 14.9. The highest BCUT2D eigenvalue weighted by molar-refractivity contribution is 9.10. The van der Waals surface area contributed by atoms with Crippen molar-refractivity contribution in [1.29, 1.82) is 0 Å². The fourth-order valence-electron chi connectivity index (χ4n) is 3.75. The Morgan fingerprint density at radius 3 is 2.72 bits per heavy atom. The topological polar surface area (TPSA) is 68.3 Å². The molecular weight excluding hydrogens is 432 g/mol. The molecule has 1 aliphatic carbocycles. The van der Waals surface area contributed by atoms with Crippen molar-refractivity contribution < 1.29 is 14.3 Å². The van der Waals surface area contributed by atoms with Gasteiger partial charge in [0, 0.05) is 21.2 Å². The molecule has 0 radical (unpaired) electrons. The zero-order valence-corrected chi connectivity index (χ0v) is 17.5. The SMILES string of the molecule is O=C(COC(=O)c1c2c(nc3ccccc13)CCCCC2)Nc1cccc(Br)c1. The number of rotatable bonds is 4. The average molecular weight is 453 g/mol. The molecule has 1 N–H and O–H groups in total. The van der Waals surface area contributed by atoms with Crippen LogP contribution in [0.3, 0.4) is 0 Å². The minimum atomic E-state index is -0.467. The molecule has 0 unspecified atom stereocenters. The first kappa shape index (κ1) is 19.6. The van der Waals surface area contributed by atoms with Gasteiger partial charge in [-0.05, 0) is 55.5 Å². The highest BCUT2D eigenvalue weighted by Crippen LogP contribution is 2.29. The van der Waals surface area contributed by atoms with Crippen molar-refractivity contribution in [3.8, 4) is 0 Å². The van der Waals surface area contributed by atoms with Crippen molar-refractivity contribution in [3.63, 3.8) is 0 Å². The Bertz CT molecular complexity index is 1080. The molecule has 0 saturated carbocycles. The summed E-state index contributed by atoms with van der Waals surface area (Å²) in [5.41, 5.74) is 3.94. The minimum absolute atomic E-state index is 0.337. The fraction of sp³-hybridized carbons (Fsp3) is 0.261. The number of ether oxygens (including phenoxy) is 1. The molecular formula is C23H21BrN2O3. The van der Waals surface area contributed by atoms with Crippen LogP contribution < -0.4 is 5.32 Å². The lowest BCUT2D eigenvalue weighted by molar-refractivity contribution is -0.119. The van der Waals surface area contributed by atoms with Crippen molar-refractivity contribution in [3.05, 3.63) is 69.8 Å². The highest BCUT2D eigenvalue weighted by Gasteiger charge is 2.23. The molecule has 148 valence electrons. The molecule has 4 rings (SSSR count). The van der Waals surface area contributed by atoms with Gasteiger partial charge in [-0.25, -0.2) is 4.79 Å². The number of amides is 1. The number of carbonyl (C=O) groups is 2. The Morgan fingerprint density at radius 2 is 1.86 bits per heavy atom. The molecule has 1 heterocycles. The Morgan fingerprint density at radius 1 is 1.03 bits per heavy atom. The number of halogens is 1. The molecule has 0 saturated heterocycles. The second-order valence-corrected chi connectivity index (χ2v) is 8.04. The summed E-state index contributed by atoms with van der Waals surface area (Å²) >= 11 is 3.37. The van der Waals surface area contributed by atoms with E-state index < -0.39 is 5.97 Å². The third kappa shape index (κ3) is 4.48. The van der Waals surface area contributed by atoms with Crippen LogP contribution in [0.2, 0.25) is 0 Å². The van der Waals surface area contributed by atoms with Gasteiger partial charge in [-0.2, -0.15) is 0 Å². The number of hydrogen-bond acceptors (Lipinski definition) is 4. The van der Waals surface area contributed by atoms with E-state index in [2.05, 4.69) is 21.2 Å². The van der Waals surface area contributed by atoms with Crippen LogP contribution in [-0.4, -0.2) is 23.5 Å². The molecule has 6 heteroatoms. The number of hydrogen-bond donors (Lipinski definition) is 1. The van der Waals surface area contributed by atoms with E-state index in [1.165, 1.54) is 0 Å². The summed E-state index contributed by atoms with van der Waals surface area (Å²) in [6.07, 6.45) is 4.89. The summed E-state index contributed by atoms with van der Waals surface area (Å²) < 4.78 is 6.28. The molecule has 2 aromatic carbocycles. The Hall–Kier alpha value is -2.73.